The predicted octanol–water partition coefficient (Wildman–Crippen LogP) is 5.42. The molecular formula is C26H25N3O. The highest BCUT2D eigenvalue weighted by Crippen LogP contribution is 2.35. The van der Waals surface area contributed by atoms with Gasteiger partial charge in [0.25, 0.3) is 5.91 Å². The Labute approximate surface area is 176 Å². The fourth-order valence-electron chi connectivity index (χ4n) is 4.30. The molecule has 0 radical (unpaired) electrons. The first-order valence-electron chi connectivity index (χ1n) is 10.5. The Morgan fingerprint density at radius 1 is 0.867 bits per heavy atom. The second kappa shape index (κ2) is 7.45. The van der Waals surface area contributed by atoms with Crippen molar-refractivity contribution in [2.24, 2.45) is 0 Å². The van der Waals surface area contributed by atoms with E-state index < -0.39 is 0 Å². The first-order valence-corrected chi connectivity index (χ1v) is 10.5. The van der Waals surface area contributed by atoms with Crippen molar-refractivity contribution in [2.45, 2.75) is 25.2 Å². The number of carbonyl (C=O) groups is 1. The average molecular weight is 396 g/mol. The maximum atomic E-state index is 13.0. The van der Waals surface area contributed by atoms with E-state index in [9.17, 15) is 4.79 Å². The predicted molar refractivity (Wildman–Crippen MR) is 120 cm³/mol. The van der Waals surface area contributed by atoms with Crippen LogP contribution in [-0.4, -0.2) is 33.9 Å². The normalized spacial score (nSPS) is 16.0. The molecule has 0 bridgehead atoms. The third-order valence-electron chi connectivity index (χ3n) is 6.35. The fraction of sp³-hybridized carbons (Fsp3) is 0.231. The number of benzene rings is 3. The second-order valence-electron chi connectivity index (χ2n) is 8.40. The van der Waals surface area contributed by atoms with Crippen LogP contribution in [0.25, 0.3) is 22.2 Å². The summed E-state index contributed by atoms with van der Waals surface area (Å²) >= 11 is 0. The molecule has 0 saturated carbocycles. The number of amides is 1. The van der Waals surface area contributed by atoms with E-state index in [2.05, 4.69) is 30.1 Å². The van der Waals surface area contributed by atoms with E-state index in [4.69, 9.17) is 4.98 Å². The number of likely N-dealkylation sites (tertiary alicyclic amines) is 1. The summed E-state index contributed by atoms with van der Waals surface area (Å²) in [6.45, 7) is 3.74. The number of hydrogen-bond donors (Lipinski definition) is 1. The van der Waals surface area contributed by atoms with Gasteiger partial charge < -0.3 is 9.88 Å². The summed E-state index contributed by atoms with van der Waals surface area (Å²) in [5.74, 6) is 1.14. The molecule has 1 amide bonds. The van der Waals surface area contributed by atoms with Gasteiger partial charge in [-0.25, -0.2) is 4.98 Å². The van der Waals surface area contributed by atoms with Crippen LogP contribution in [0.5, 0.6) is 0 Å². The highest BCUT2D eigenvalue weighted by atomic mass is 16.2. The van der Waals surface area contributed by atoms with Gasteiger partial charge in [0, 0.05) is 24.1 Å². The van der Waals surface area contributed by atoms with Gasteiger partial charge in [-0.1, -0.05) is 61.5 Å². The van der Waals surface area contributed by atoms with Crippen LogP contribution in [0.4, 0.5) is 0 Å². The summed E-state index contributed by atoms with van der Waals surface area (Å²) in [6, 6.07) is 26.3. The number of imidazole rings is 1. The Kier molecular flexibility index (Phi) is 4.62. The maximum Gasteiger partial charge on any atom is 0.253 e. The molecule has 1 aromatic heterocycles. The molecular weight excluding hydrogens is 370 g/mol. The Morgan fingerprint density at radius 3 is 2.20 bits per heavy atom. The summed E-state index contributed by atoms with van der Waals surface area (Å²) in [5, 5.41) is 0. The number of aromatic amines is 1. The molecule has 4 heteroatoms. The molecule has 0 aliphatic carbocycles. The van der Waals surface area contributed by atoms with E-state index in [0.29, 0.717) is 0 Å². The zero-order chi connectivity index (χ0) is 20.6. The lowest BCUT2D eigenvalue weighted by Crippen LogP contribution is -2.44. The summed E-state index contributed by atoms with van der Waals surface area (Å²) in [5.41, 5.74) is 5.09. The fourth-order valence-corrected chi connectivity index (χ4v) is 4.30. The highest BCUT2D eigenvalue weighted by Gasteiger charge is 2.36. The number of nitrogens with zero attached hydrogens (tertiary/aromatic N) is 2. The smallest absolute Gasteiger partial charge is 0.253 e. The lowest BCUT2D eigenvalue weighted by Gasteiger charge is -2.38. The lowest BCUT2D eigenvalue weighted by molar-refractivity contribution is 0.0671. The minimum atomic E-state index is -0.0348. The Balaban J connectivity index is 1.28. The summed E-state index contributed by atoms with van der Waals surface area (Å²) in [7, 11) is 0. The third-order valence-corrected chi connectivity index (χ3v) is 6.35. The second-order valence-corrected chi connectivity index (χ2v) is 8.40. The standard InChI is InChI=1S/C26H25N3O/c1-26(25-27-22-9-5-6-10-23(22)28-25)15-17-29(18-16-26)24(30)21-13-11-20(12-14-21)19-7-3-2-4-8-19/h2-14H,15-18H2,1H3,(H,27,28). The van der Waals surface area contributed by atoms with Crippen LogP contribution >= 0.6 is 0 Å². The van der Waals surface area contributed by atoms with Crippen LogP contribution in [0.15, 0.2) is 78.9 Å². The lowest BCUT2D eigenvalue weighted by atomic mass is 9.79. The van der Waals surface area contributed by atoms with Crippen molar-refractivity contribution in [1.29, 1.82) is 0 Å². The number of carbonyl (C=O) groups excluding carboxylic acids is 1. The third kappa shape index (κ3) is 3.39. The van der Waals surface area contributed by atoms with E-state index in [1.807, 2.05) is 65.6 Å². The van der Waals surface area contributed by atoms with Gasteiger partial charge in [-0.3, -0.25) is 4.79 Å². The van der Waals surface area contributed by atoms with Crippen LogP contribution < -0.4 is 0 Å². The van der Waals surface area contributed by atoms with E-state index >= 15 is 0 Å². The van der Waals surface area contributed by atoms with Crippen molar-refractivity contribution in [3.63, 3.8) is 0 Å². The van der Waals surface area contributed by atoms with Crippen molar-refractivity contribution in [1.82, 2.24) is 14.9 Å². The van der Waals surface area contributed by atoms with Crippen molar-refractivity contribution < 1.29 is 4.79 Å². The highest BCUT2D eigenvalue weighted by molar-refractivity contribution is 5.94. The van der Waals surface area contributed by atoms with Crippen LogP contribution in [-0.2, 0) is 5.41 Å². The molecule has 30 heavy (non-hydrogen) atoms. The number of piperidine rings is 1. The molecule has 150 valence electrons. The Hall–Kier alpha value is -3.40. The minimum absolute atomic E-state index is 0.0348. The van der Waals surface area contributed by atoms with Crippen LogP contribution in [0.1, 0.15) is 35.9 Å². The van der Waals surface area contributed by atoms with E-state index in [1.54, 1.807) is 0 Å². The zero-order valence-corrected chi connectivity index (χ0v) is 17.1. The molecule has 0 unspecified atom stereocenters. The SMILES string of the molecule is CC1(c2nc3ccccc3[nH]2)CCN(C(=O)c2ccc(-c3ccccc3)cc2)CC1. The van der Waals surface area contributed by atoms with Gasteiger partial charge in [0.05, 0.1) is 11.0 Å². The van der Waals surface area contributed by atoms with E-state index in [1.165, 1.54) is 0 Å². The number of aromatic nitrogens is 2. The zero-order valence-electron chi connectivity index (χ0n) is 17.1. The van der Waals surface area contributed by atoms with Crippen LogP contribution in [0.2, 0.25) is 0 Å². The van der Waals surface area contributed by atoms with Crippen molar-refractivity contribution in [2.75, 3.05) is 13.1 Å². The van der Waals surface area contributed by atoms with Gasteiger partial charge in [-0.2, -0.15) is 0 Å². The Bertz CT molecular complexity index is 1140. The molecule has 2 heterocycles. The average Bonchev–Trinajstić information content (AvgIpc) is 3.25. The number of fused-ring (bicyclic) bond motifs is 1. The quantitative estimate of drug-likeness (QED) is 0.503. The molecule has 1 fully saturated rings. The minimum Gasteiger partial charge on any atom is -0.342 e. The van der Waals surface area contributed by atoms with Gasteiger partial charge in [-0.15, -0.1) is 0 Å². The maximum absolute atomic E-state index is 13.0. The van der Waals surface area contributed by atoms with Crippen LogP contribution in [0.3, 0.4) is 0 Å². The van der Waals surface area contributed by atoms with Crippen molar-refractivity contribution in [3.05, 3.63) is 90.3 Å². The molecule has 5 rings (SSSR count). The molecule has 4 aromatic rings. The first kappa shape index (κ1) is 18.6. The molecule has 1 aliphatic rings. The molecule has 0 spiro atoms. The van der Waals surface area contributed by atoms with Crippen molar-refractivity contribution in [3.8, 4) is 11.1 Å². The number of H-pyrrole nitrogens is 1. The molecule has 1 aliphatic heterocycles. The summed E-state index contributed by atoms with van der Waals surface area (Å²) in [6.07, 6.45) is 1.81. The number of rotatable bonds is 3. The molecule has 1 N–H and O–H groups in total. The summed E-state index contributed by atoms with van der Waals surface area (Å²) in [4.78, 5) is 23.3. The number of para-hydroxylation sites is 2. The van der Waals surface area contributed by atoms with Gasteiger partial charge in [0.1, 0.15) is 5.82 Å². The number of hydrogen-bond acceptors (Lipinski definition) is 2. The summed E-state index contributed by atoms with van der Waals surface area (Å²) < 4.78 is 0. The molecule has 3 aromatic carbocycles. The van der Waals surface area contributed by atoms with E-state index in [0.717, 1.165) is 59.5 Å². The van der Waals surface area contributed by atoms with Gasteiger partial charge >= 0.3 is 0 Å². The van der Waals surface area contributed by atoms with Gasteiger partial charge in [0.2, 0.25) is 0 Å². The monoisotopic (exact) mass is 395 g/mol. The van der Waals surface area contributed by atoms with E-state index in [-0.39, 0.29) is 11.3 Å². The largest absolute Gasteiger partial charge is 0.342 e. The van der Waals surface area contributed by atoms with Gasteiger partial charge in [0.15, 0.2) is 0 Å². The topological polar surface area (TPSA) is 49.0 Å². The molecule has 4 nitrogen and oxygen atoms in total. The number of nitrogens with one attached hydrogen (secondary N) is 1. The Morgan fingerprint density at radius 2 is 1.50 bits per heavy atom. The molecule has 1 saturated heterocycles. The first-order chi connectivity index (χ1) is 14.6. The van der Waals surface area contributed by atoms with Crippen molar-refractivity contribution >= 4 is 16.9 Å². The molecule has 0 atom stereocenters. The van der Waals surface area contributed by atoms with Gasteiger partial charge in [-0.05, 0) is 48.2 Å². The van der Waals surface area contributed by atoms with Crippen LogP contribution in [0, 0.1) is 0 Å².